The molecule has 0 saturated carbocycles. The number of hydrogen-bond donors (Lipinski definition) is 2. The van der Waals surface area contributed by atoms with Crippen LogP contribution in [0.15, 0.2) is 16.8 Å². The van der Waals surface area contributed by atoms with Gasteiger partial charge in [0, 0.05) is 6.54 Å². The lowest BCUT2D eigenvalue weighted by atomic mass is 9.92. The van der Waals surface area contributed by atoms with Gasteiger partial charge in [-0.25, -0.2) is 0 Å². The Morgan fingerprint density at radius 1 is 1.50 bits per heavy atom. The summed E-state index contributed by atoms with van der Waals surface area (Å²) in [6, 6.07) is 1.99. The van der Waals surface area contributed by atoms with Crippen molar-refractivity contribution in [3.63, 3.8) is 0 Å². The molecule has 0 aliphatic heterocycles. The van der Waals surface area contributed by atoms with Crippen molar-refractivity contribution in [2.24, 2.45) is 5.41 Å². The Bertz CT molecular complexity index is 371. The Morgan fingerprint density at radius 2 is 2.19 bits per heavy atom. The third-order valence-corrected chi connectivity index (χ3v) is 3.11. The number of carbonyl (C=O) groups is 2. The van der Waals surface area contributed by atoms with Gasteiger partial charge in [0.2, 0.25) is 5.91 Å². The minimum absolute atomic E-state index is 0.449. The molecule has 1 aromatic heterocycles. The molecule has 0 aliphatic carbocycles. The highest BCUT2D eigenvalue weighted by Gasteiger charge is 2.35. The summed E-state index contributed by atoms with van der Waals surface area (Å²) in [5, 5.41) is 15.4. The van der Waals surface area contributed by atoms with Gasteiger partial charge < -0.3 is 10.4 Å². The molecule has 0 radical (unpaired) electrons. The third kappa shape index (κ3) is 3.06. The number of thiophene rings is 1. The normalized spacial score (nSPS) is 11.1. The first-order chi connectivity index (χ1) is 7.44. The van der Waals surface area contributed by atoms with Crippen molar-refractivity contribution in [1.82, 2.24) is 5.32 Å². The Hall–Kier alpha value is -1.36. The van der Waals surface area contributed by atoms with E-state index in [1.807, 2.05) is 16.8 Å². The van der Waals surface area contributed by atoms with Crippen molar-refractivity contribution < 1.29 is 14.7 Å². The molecule has 1 amide bonds. The molecule has 4 nitrogen and oxygen atoms in total. The molecule has 0 aromatic carbocycles. The quantitative estimate of drug-likeness (QED) is 0.768. The standard InChI is InChI=1S/C11H15NO3S/c1-11(2,10(14)15)9(13)12-5-3-8-4-6-16-7-8/h4,6-7H,3,5H2,1-2H3,(H,12,13)(H,14,15). The molecule has 0 aliphatic rings. The van der Waals surface area contributed by atoms with E-state index in [9.17, 15) is 9.59 Å². The van der Waals surface area contributed by atoms with E-state index in [0.717, 1.165) is 12.0 Å². The Labute approximate surface area is 98.3 Å². The van der Waals surface area contributed by atoms with Crippen LogP contribution in [0.1, 0.15) is 19.4 Å². The van der Waals surface area contributed by atoms with Crippen molar-refractivity contribution in [2.75, 3.05) is 6.54 Å². The first-order valence-corrected chi connectivity index (χ1v) is 5.91. The molecule has 1 heterocycles. The van der Waals surface area contributed by atoms with Crippen LogP contribution in [0.2, 0.25) is 0 Å². The molecular weight excluding hydrogens is 226 g/mol. The van der Waals surface area contributed by atoms with Crippen LogP contribution in [0.25, 0.3) is 0 Å². The van der Waals surface area contributed by atoms with Gasteiger partial charge in [-0.05, 0) is 42.7 Å². The SMILES string of the molecule is CC(C)(C(=O)O)C(=O)NCCc1ccsc1. The van der Waals surface area contributed by atoms with Gasteiger partial charge >= 0.3 is 5.97 Å². The van der Waals surface area contributed by atoms with E-state index in [1.165, 1.54) is 13.8 Å². The predicted molar refractivity (Wildman–Crippen MR) is 62.4 cm³/mol. The molecule has 0 atom stereocenters. The summed E-state index contributed by atoms with van der Waals surface area (Å²) in [4.78, 5) is 22.3. The largest absolute Gasteiger partial charge is 0.480 e. The van der Waals surface area contributed by atoms with Crippen molar-refractivity contribution >= 4 is 23.2 Å². The minimum Gasteiger partial charge on any atom is -0.480 e. The molecule has 0 bridgehead atoms. The van der Waals surface area contributed by atoms with Crippen LogP contribution in [-0.2, 0) is 16.0 Å². The Balaban J connectivity index is 2.39. The van der Waals surface area contributed by atoms with E-state index in [4.69, 9.17) is 5.11 Å². The second kappa shape index (κ2) is 5.12. The lowest BCUT2D eigenvalue weighted by molar-refractivity contribution is -0.153. The van der Waals surface area contributed by atoms with Crippen LogP contribution in [-0.4, -0.2) is 23.5 Å². The second-order valence-corrected chi connectivity index (χ2v) is 4.85. The fraction of sp³-hybridized carbons (Fsp3) is 0.455. The first-order valence-electron chi connectivity index (χ1n) is 4.97. The molecule has 5 heteroatoms. The van der Waals surface area contributed by atoms with Gasteiger partial charge in [0.15, 0.2) is 0 Å². The summed E-state index contributed by atoms with van der Waals surface area (Å²) in [5.74, 6) is -1.56. The van der Waals surface area contributed by atoms with Gasteiger partial charge in [0.05, 0.1) is 0 Å². The van der Waals surface area contributed by atoms with Crippen molar-refractivity contribution in [2.45, 2.75) is 20.3 Å². The van der Waals surface area contributed by atoms with Gasteiger partial charge in [0.25, 0.3) is 0 Å². The highest BCUT2D eigenvalue weighted by molar-refractivity contribution is 7.07. The number of carbonyl (C=O) groups excluding carboxylic acids is 1. The van der Waals surface area contributed by atoms with Gasteiger partial charge in [-0.1, -0.05) is 0 Å². The molecule has 1 rings (SSSR count). The zero-order chi connectivity index (χ0) is 12.2. The van der Waals surface area contributed by atoms with Crippen LogP contribution < -0.4 is 5.32 Å². The number of carboxylic acids is 1. The minimum atomic E-state index is -1.37. The van der Waals surface area contributed by atoms with E-state index in [0.29, 0.717) is 6.54 Å². The summed E-state index contributed by atoms with van der Waals surface area (Å²) >= 11 is 1.60. The molecular formula is C11H15NO3S. The lowest BCUT2D eigenvalue weighted by Gasteiger charge is -2.18. The molecule has 88 valence electrons. The van der Waals surface area contributed by atoms with Crippen LogP contribution in [0, 0.1) is 5.41 Å². The average Bonchev–Trinajstić information content (AvgIpc) is 2.70. The van der Waals surface area contributed by atoms with E-state index >= 15 is 0 Å². The van der Waals surface area contributed by atoms with Gasteiger partial charge in [-0.15, -0.1) is 0 Å². The fourth-order valence-corrected chi connectivity index (χ4v) is 1.78. The smallest absolute Gasteiger partial charge is 0.318 e. The average molecular weight is 241 g/mol. The van der Waals surface area contributed by atoms with Crippen molar-refractivity contribution in [3.8, 4) is 0 Å². The molecule has 0 unspecified atom stereocenters. The summed E-state index contributed by atoms with van der Waals surface area (Å²) < 4.78 is 0. The number of rotatable bonds is 5. The zero-order valence-corrected chi connectivity index (χ0v) is 10.1. The maximum atomic E-state index is 11.5. The Morgan fingerprint density at radius 3 is 2.69 bits per heavy atom. The van der Waals surface area contributed by atoms with Gasteiger partial charge in [-0.2, -0.15) is 11.3 Å². The lowest BCUT2D eigenvalue weighted by Crippen LogP contribution is -2.42. The highest BCUT2D eigenvalue weighted by Crippen LogP contribution is 2.15. The number of hydrogen-bond acceptors (Lipinski definition) is 3. The summed E-state index contributed by atoms with van der Waals surface area (Å²) in [7, 11) is 0. The monoisotopic (exact) mass is 241 g/mol. The zero-order valence-electron chi connectivity index (χ0n) is 9.32. The molecule has 2 N–H and O–H groups in total. The van der Waals surface area contributed by atoms with Gasteiger partial charge in [0.1, 0.15) is 5.41 Å². The topological polar surface area (TPSA) is 66.4 Å². The molecule has 0 fully saturated rings. The maximum absolute atomic E-state index is 11.5. The van der Waals surface area contributed by atoms with Crippen LogP contribution in [0.3, 0.4) is 0 Å². The van der Waals surface area contributed by atoms with E-state index in [2.05, 4.69) is 5.32 Å². The van der Waals surface area contributed by atoms with Crippen LogP contribution in [0.4, 0.5) is 0 Å². The molecule has 0 saturated heterocycles. The first kappa shape index (κ1) is 12.7. The van der Waals surface area contributed by atoms with Crippen LogP contribution >= 0.6 is 11.3 Å². The summed E-state index contributed by atoms with van der Waals surface area (Å²) in [6.45, 7) is 3.26. The molecule has 0 spiro atoms. The van der Waals surface area contributed by atoms with Crippen LogP contribution in [0.5, 0.6) is 0 Å². The van der Waals surface area contributed by atoms with Gasteiger partial charge in [-0.3, -0.25) is 9.59 Å². The Kier molecular flexibility index (Phi) is 4.06. The number of carboxylic acid groups (broad SMARTS) is 1. The molecule has 1 aromatic rings. The highest BCUT2D eigenvalue weighted by atomic mass is 32.1. The number of amides is 1. The predicted octanol–water partition coefficient (Wildman–Crippen LogP) is 1.52. The van der Waals surface area contributed by atoms with E-state index in [1.54, 1.807) is 11.3 Å². The fourth-order valence-electron chi connectivity index (χ4n) is 1.07. The number of aliphatic carboxylic acids is 1. The molecule has 16 heavy (non-hydrogen) atoms. The third-order valence-electron chi connectivity index (χ3n) is 2.38. The number of nitrogens with one attached hydrogen (secondary N) is 1. The second-order valence-electron chi connectivity index (χ2n) is 4.07. The summed E-state index contributed by atoms with van der Waals surface area (Å²) in [5.41, 5.74) is -0.215. The van der Waals surface area contributed by atoms with E-state index < -0.39 is 17.3 Å². The maximum Gasteiger partial charge on any atom is 0.318 e. The van der Waals surface area contributed by atoms with E-state index in [-0.39, 0.29) is 0 Å². The summed E-state index contributed by atoms with van der Waals surface area (Å²) in [6.07, 6.45) is 0.727. The van der Waals surface area contributed by atoms with Crippen molar-refractivity contribution in [3.05, 3.63) is 22.4 Å². The van der Waals surface area contributed by atoms with Crippen molar-refractivity contribution in [1.29, 1.82) is 0 Å².